The molecule has 0 aliphatic heterocycles. The van der Waals surface area contributed by atoms with Crippen LogP contribution in [0.1, 0.15) is 25.0 Å². The molecule has 0 bridgehead atoms. The van der Waals surface area contributed by atoms with Gasteiger partial charge >= 0.3 is 5.97 Å². The van der Waals surface area contributed by atoms with Crippen LogP contribution in [0.5, 0.6) is 0 Å². The second-order valence-electron chi connectivity index (χ2n) is 4.64. The molecule has 0 aliphatic rings. The molecule has 3 nitrogen and oxygen atoms in total. The minimum absolute atomic E-state index is 0.165. The minimum atomic E-state index is -0.931. The molecule has 0 aromatic heterocycles. The molecule has 1 N–H and O–H groups in total. The van der Waals surface area contributed by atoms with Crippen LogP contribution in [0.15, 0.2) is 24.3 Å². The van der Waals surface area contributed by atoms with Gasteiger partial charge in [-0.1, -0.05) is 43.7 Å². The highest BCUT2D eigenvalue weighted by molar-refractivity contribution is 5.68. The van der Waals surface area contributed by atoms with Crippen molar-refractivity contribution in [1.82, 2.24) is 0 Å². The van der Waals surface area contributed by atoms with Crippen LogP contribution in [0.3, 0.4) is 0 Å². The molecule has 88 valence electrons. The molecule has 3 heteroatoms. The molecule has 16 heavy (non-hydrogen) atoms. The number of hydrogen-bond donors (Lipinski definition) is 1. The second kappa shape index (κ2) is 5.12. The Labute approximate surface area is 96.1 Å². The molecule has 0 saturated heterocycles. The maximum atomic E-state index is 10.4. The van der Waals surface area contributed by atoms with Crippen molar-refractivity contribution in [3.05, 3.63) is 35.4 Å². The smallest absolute Gasteiger partial charge is 0.329 e. The Bertz CT molecular complexity index is 369. The Balaban J connectivity index is 2.66. The van der Waals surface area contributed by atoms with Crippen molar-refractivity contribution in [2.45, 2.75) is 26.2 Å². The third-order valence-electron chi connectivity index (χ3n) is 2.49. The van der Waals surface area contributed by atoms with Gasteiger partial charge in [-0.25, -0.2) is 4.79 Å². The fourth-order valence-corrected chi connectivity index (χ4v) is 1.54. The predicted molar refractivity (Wildman–Crippen MR) is 62.7 cm³/mol. The third-order valence-corrected chi connectivity index (χ3v) is 2.49. The van der Waals surface area contributed by atoms with E-state index in [2.05, 4.69) is 6.07 Å². The van der Waals surface area contributed by atoms with Crippen molar-refractivity contribution >= 4 is 5.97 Å². The largest absolute Gasteiger partial charge is 0.480 e. The average Bonchev–Trinajstić information content (AvgIpc) is 2.16. The van der Waals surface area contributed by atoms with E-state index in [0.717, 1.165) is 5.56 Å². The van der Waals surface area contributed by atoms with Crippen LogP contribution in [-0.4, -0.2) is 24.3 Å². The summed E-state index contributed by atoms with van der Waals surface area (Å²) in [5.41, 5.74) is 2.20. The number of aryl methyl sites for hydroxylation is 1. The highest BCUT2D eigenvalue weighted by Gasteiger charge is 2.21. The SMILES string of the molecule is Cc1cccc(C(C)(C)COCC(=O)O)c1. The van der Waals surface area contributed by atoms with E-state index < -0.39 is 5.97 Å². The molecule has 0 heterocycles. The lowest BCUT2D eigenvalue weighted by Crippen LogP contribution is -2.26. The zero-order valence-electron chi connectivity index (χ0n) is 9.99. The standard InChI is InChI=1S/C13H18O3/c1-10-5-4-6-11(7-10)13(2,3)9-16-8-12(14)15/h4-7H,8-9H2,1-3H3,(H,14,15). The topological polar surface area (TPSA) is 46.5 Å². The monoisotopic (exact) mass is 222 g/mol. The number of aliphatic carboxylic acids is 1. The first kappa shape index (κ1) is 12.7. The molecule has 0 saturated carbocycles. The summed E-state index contributed by atoms with van der Waals surface area (Å²) >= 11 is 0. The fourth-order valence-electron chi connectivity index (χ4n) is 1.54. The van der Waals surface area contributed by atoms with Gasteiger partial charge < -0.3 is 9.84 Å². The Kier molecular flexibility index (Phi) is 4.07. The summed E-state index contributed by atoms with van der Waals surface area (Å²) in [6.45, 7) is 6.29. The Morgan fingerprint density at radius 1 is 1.44 bits per heavy atom. The lowest BCUT2D eigenvalue weighted by Gasteiger charge is -2.25. The zero-order chi connectivity index (χ0) is 12.2. The van der Waals surface area contributed by atoms with Crippen LogP contribution in [0.25, 0.3) is 0 Å². The van der Waals surface area contributed by atoms with Crippen LogP contribution in [-0.2, 0) is 14.9 Å². The van der Waals surface area contributed by atoms with Gasteiger partial charge in [0.25, 0.3) is 0 Å². The quantitative estimate of drug-likeness (QED) is 0.832. The molecule has 1 rings (SSSR count). The number of carboxylic acids is 1. The van der Waals surface area contributed by atoms with Crippen LogP contribution in [0.4, 0.5) is 0 Å². The van der Waals surface area contributed by atoms with E-state index in [4.69, 9.17) is 9.84 Å². The first-order valence-corrected chi connectivity index (χ1v) is 5.28. The Morgan fingerprint density at radius 3 is 2.69 bits per heavy atom. The van der Waals surface area contributed by atoms with Crippen molar-refractivity contribution in [1.29, 1.82) is 0 Å². The van der Waals surface area contributed by atoms with Gasteiger partial charge in [-0.2, -0.15) is 0 Å². The first-order valence-electron chi connectivity index (χ1n) is 5.28. The van der Waals surface area contributed by atoms with Crippen molar-refractivity contribution in [3.63, 3.8) is 0 Å². The number of carboxylic acid groups (broad SMARTS) is 1. The molecular weight excluding hydrogens is 204 g/mol. The van der Waals surface area contributed by atoms with E-state index in [1.54, 1.807) is 0 Å². The van der Waals surface area contributed by atoms with Crippen LogP contribution in [0, 0.1) is 6.92 Å². The van der Waals surface area contributed by atoms with Gasteiger partial charge in [0, 0.05) is 5.41 Å². The summed E-state index contributed by atoms with van der Waals surface area (Å²) in [7, 11) is 0. The molecule has 0 atom stereocenters. The van der Waals surface area contributed by atoms with Gasteiger partial charge in [0.2, 0.25) is 0 Å². The molecule has 1 aromatic carbocycles. The normalized spacial score (nSPS) is 11.4. The van der Waals surface area contributed by atoms with Crippen molar-refractivity contribution in [2.75, 3.05) is 13.2 Å². The predicted octanol–water partition coefficient (Wildman–Crippen LogP) is 2.37. The summed E-state index contributed by atoms with van der Waals surface area (Å²) in [4.78, 5) is 10.4. The molecule has 0 radical (unpaired) electrons. The Morgan fingerprint density at radius 2 is 2.12 bits per heavy atom. The van der Waals surface area contributed by atoms with Gasteiger partial charge in [0.15, 0.2) is 0 Å². The summed E-state index contributed by atoms with van der Waals surface area (Å²) in [5.74, 6) is -0.931. The molecule has 0 unspecified atom stereocenters. The van der Waals surface area contributed by atoms with E-state index in [9.17, 15) is 4.79 Å². The average molecular weight is 222 g/mol. The number of carbonyl (C=O) groups is 1. The summed E-state index contributed by atoms with van der Waals surface area (Å²) in [6, 6.07) is 8.18. The van der Waals surface area contributed by atoms with Gasteiger partial charge in [-0.05, 0) is 12.5 Å². The van der Waals surface area contributed by atoms with E-state index >= 15 is 0 Å². The van der Waals surface area contributed by atoms with Gasteiger partial charge in [-0.3, -0.25) is 0 Å². The number of benzene rings is 1. The van der Waals surface area contributed by atoms with Crippen LogP contribution >= 0.6 is 0 Å². The third kappa shape index (κ3) is 3.66. The van der Waals surface area contributed by atoms with Crippen molar-refractivity contribution in [3.8, 4) is 0 Å². The van der Waals surface area contributed by atoms with Crippen LogP contribution in [0.2, 0.25) is 0 Å². The Hall–Kier alpha value is -1.35. The van der Waals surface area contributed by atoms with E-state index in [1.807, 2.05) is 39.0 Å². The van der Waals surface area contributed by atoms with Gasteiger partial charge in [0.05, 0.1) is 6.61 Å². The summed E-state index contributed by atoms with van der Waals surface area (Å²) in [6.07, 6.45) is 0. The lowest BCUT2D eigenvalue weighted by molar-refractivity contribution is -0.142. The van der Waals surface area contributed by atoms with Crippen molar-refractivity contribution in [2.24, 2.45) is 0 Å². The maximum absolute atomic E-state index is 10.4. The molecule has 1 aromatic rings. The zero-order valence-corrected chi connectivity index (χ0v) is 9.99. The summed E-state index contributed by atoms with van der Waals surface area (Å²) in [5, 5.41) is 8.50. The van der Waals surface area contributed by atoms with E-state index in [-0.39, 0.29) is 12.0 Å². The van der Waals surface area contributed by atoms with Crippen LogP contribution < -0.4 is 0 Å². The lowest BCUT2D eigenvalue weighted by atomic mass is 9.85. The maximum Gasteiger partial charge on any atom is 0.329 e. The highest BCUT2D eigenvalue weighted by atomic mass is 16.5. The number of rotatable bonds is 5. The number of ether oxygens (including phenoxy) is 1. The first-order chi connectivity index (χ1) is 7.42. The van der Waals surface area contributed by atoms with Gasteiger partial charge in [-0.15, -0.1) is 0 Å². The molecule has 0 spiro atoms. The number of hydrogen-bond acceptors (Lipinski definition) is 2. The van der Waals surface area contributed by atoms with Crippen molar-refractivity contribution < 1.29 is 14.6 Å². The van der Waals surface area contributed by atoms with E-state index in [1.165, 1.54) is 5.56 Å². The molecule has 0 aliphatic carbocycles. The highest BCUT2D eigenvalue weighted by Crippen LogP contribution is 2.24. The molecule has 0 amide bonds. The summed E-state index contributed by atoms with van der Waals surface area (Å²) < 4.78 is 5.15. The van der Waals surface area contributed by atoms with Gasteiger partial charge in [0.1, 0.15) is 6.61 Å². The van der Waals surface area contributed by atoms with E-state index in [0.29, 0.717) is 6.61 Å². The molecular formula is C13H18O3. The fraction of sp³-hybridized carbons (Fsp3) is 0.462. The molecule has 0 fully saturated rings. The minimum Gasteiger partial charge on any atom is -0.480 e. The second-order valence-corrected chi connectivity index (χ2v) is 4.64.